The molecule has 1 aliphatic heterocycles. The fourth-order valence-electron chi connectivity index (χ4n) is 2.37. The lowest BCUT2D eigenvalue weighted by Gasteiger charge is -2.24. The van der Waals surface area contributed by atoms with E-state index in [-0.39, 0.29) is 5.91 Å². The lowest BCUT2D eigenvalue weighted by molar-refractivity contribution is 0.0728. The van der Waals surface area contributed by atoms with Gasteiger partial charge in [0.15, 0.2) is 0 Å². The number of hydrogen-bond acceptors (Lipinski definition) is 3. The molecule has 0 aliphatic carbocycles. The average molecular weight is 301 g/mol. The summed E-state index contributed by atoms with van der Waals surface area (Å²) in [7, 11) is 0. The Morgan fingerprint density at radius 1 is 1.71 bits per heavy atom. The number of carbonyl (C=O) groups is 1. The Hall–Kier alpha value is -0.840. The average Bonchev–Trinajstić information content (AvgIpc) is 2.94. The number of rotatable bonds is 4. The normalized spacial score (nSPS) is 19.9. The van der Waals surface area contributed by atoms with Gasteiger partial charge in [0.25, 0.3) is 5.91 Å². The Morgan fingerprint density at radius 3 is 3.18 bits per heavy atom. The third-order valence-electron chi connectivity index (χ3n) is 3.29. The lowest BCUT2D eigenvalue weighted by atomic mass is 10.1. The van der Waals surface area contributed by atoms with Crippen molar-refractivity contribution in [1.82, 2.24) is 10.1 Å². The quantitative estimate of drug-likeness (QED) is 0.803. The van der Waals surface area contributed by atoms with Crippen molar-refractivity contribution < 1.29 is 9.32 Å². The van der Waals surface area contributed by atoms with Gasteiger partial charge in [0.1, 0.15) is 11.3 Å². The molecule has 1 unspecified atom stereocenters. The summed E-state index contributed by atoms with van der Waals surface area (Å²) >= 11 is 3.44. The number of likely N-dealkylation sites (tertiary alicyclic amines) is 1. The molecular formula is C12H17BrN2O2. The molecule has 2 rings (SSSR count). The summed E-state index contributed by atoms with van der Waals surface area (Å²) in [5.41, 5.74) is 0.607. The Kier molecular flexibility index (Phi) is 4.20. The molecule has 1 aliphatic rings. The maximum absolute atomic E-state index is 12.3. The summed E-state index contributed by atoms with van der Waals surface area (Å²) in [6, 6.07) is 0.384. The maximum atomic E-state index is 12.3. The van der Waals surface area contributed by atoms with Gasteiger partial charge in [-0.25, -0.2) is 0 Å². The Morgan fingerprint density at radius 2 is 2.53 bits per heavy atom. The molecule has 0 radical (unpaired) electrons. The highest BCUT2D eigenvalue weighted by Gasteiger charge is 2.30. The van der Waals surface area contributed by atoms with Gasteiger partial charge in [0, 0.05) is 17.9 Å². The number of aryl methyl sites for hydroxylation is 1. The van der Waals surface area contributed by atoms with E-state index in [1.54, 1.807) is 6.92 Å². The lowest BCUT2D eigenvalue weighted by Crippen LogP contribution is -2.35. The molecule has 1 aromatic heterocycles. The van der Waals surface area contributed by atoms with Crippen molar-refractivity contribution in [2.75, 3.05) is 11.9 Å². The predicted octanol–water partition coefficient (Wildman–Crippen LogP) is 2.76. The SMILES string of the molecule is Cc1oncc1C(=O)N1CCCC1CCCBr. The second kappa shape index (κ2) is 5.67. The number of carbonyl (C=O) groups excluding carboxylic acids is 1. The Bertz CT molecular complexity index is 392. The number of alkyl halides is 1. The molecule has 94 valence electrons. The van der Waals surface area contributed by atoms with Crippen LogP contribution in [0.3, 0.4) is 0 Å². The molecule has 0 aromatic carbocycles. The zero-order chi connectivity index (χ0) is 12.3. The maximum Gasteiger partial charge on any atom is 0.259 e. The summed E-state index contributed by atoms with van der Waals surface area (Å²) in [6.07, 6.45) is 5.92. The van der Waals surface area contributed by atoms with Gasteiger partial charge in [-0.15, -0.1) is 0 Å². The van der Waals surface area contributed by atoms with Gasteiger partial charge in [-0.1, -0.05) is 21.1 Å². The van der Waals surface area contributed by atoms with Gasteiger partial charge < -0.3 is 9.42 Å². The Labute approximate surface area is 109 Å². The van der Waals surface area contributed by atoms with Crippen LogP contribution in [0.5, 0.6) is 0 Å². The minimum Gasteiger partial charge on any atom is -0.361 e. The standard InChI is InChI=1S/C12H17BrN2O2/c1-9-11(8-14-17-9)12(16)15-7-3-5-10(15)4-2-6-13/h8,10H,2-7H2,1H3. The van der Waals surface area contributed by atoms with Crippen LogP contribution in [-0.4, -0.2) is 33.9 Å². The van der Waals surface area contributed by atoms with Crippen molar-refractivity contribution in [3.63, 3.8) is 0 Å². The number of nitrogens with zero attached hydrogens (tertiary/aromatic N) is 2. The van der Waals surface area contributed by atoms with E-state index < -0.39 is 0 Å². The van der Waals surface area contributed by atoms with E-state index in [9.17, 15) is 4.79 Å². The van der Waals surface area contributed by atoms with E-state index in [0.717, 1.165) is 37.6 Å². The molecule has 0 saturated carbocycles. The molecule has 2 heterocycles. The van der Waals surface area contributed by atoms with Crippen LogP contribution >= 0.6 is 15.9 Å². The van der Waals surface area contributed by atoms with Gasteiger partial charge >= 0.3 is 0 Å². The number of hydrogen-bond donors (Lipinski definition) is 0. The van der Waals surface area contributed by atoms with Crippen molar-refractivity contribution in [3.05, 3.63) is 17.5 Å². The third kappa shape index (κ3) is 2.70. The predicted molar refractivity (Wildman–Crippen MR) is 68.3 cm³/mol. The molecular weight excluding hydrogens is 284 g/mol. The number of amides is 1. The molecule has 0 bridgehead atoms. The summed E-state index contributed by atoms with van der Waals surface area (Å²) in [6.45, 7) is 2.64. The molecule has 17 heavy (non-hydrogen) atoms. The van der Waals surface area contributed by atoms with Crippen LogP contribution in [0, 0.1) is 6.92 Å². The molecule has 4 nitrogen and oxygen atoms in total. The van der Waals surface area contributed by atoms with Crippen molar-refractivity contribution in [2.24, 2.45) is 0 Å². The topological polar surface area (TPSA) is 46.3 Å². The van der Waals surface area contributed by atoms with E-state index in [0.29, 0.717) is 17.4 Å². The third-order valence-corrected chi connectivity index (χ3v) is 3.85. The molecule has 0 spiro atoms. The van der Waals surface area contributed by atoms with Crippen LogP contribution in [0.4, 0.5) is 0 Å². The second-order valence-corrected chi connectivity index (χ2v) is 5.21. The first kappa shape index (κ1) is 12.6. The highest BCUT2D eigenvalue weighted by Crippen LogP contribution is 2.24. The molecule has 1 aromatic rings. The fraction of sp³-hybridized carbons (Fsp3) is 0.667. The van der Waals surface area contributed by atoms with Crippen molar-refractivity contribution in [1.29, 1.82) is 0 Å². The van der Waals surface area contributed by atoms with Crippen molar-refractivity contribution in [3.8, 4) is 0 Å². The van der Waals surface area contributed by atoms with Crippen LogP contribution in [0.25, 0.3) is 0 Å². The second-order valence-electron chi connectivity index (χ2n) is 4.42. The number of aromatic nitrogens is 1. The number of halogens is 1. The summed E-state index contributed by atoms with van der Waals surface area (Å²) in [4.78, 5) is 14.3. The van der Waals surface area contributed by atoms with Gasteiger partial charge in [-0.3, -0.25) is 4.79 Å². The first-order valence-corrected chi connectivity index (χ1v) is 7.14. The molecule has 1 amide bonds. The first-order chi connectivity index (χ1) is 8.24. The van der Waals surface area contributed by atoms with Crippen LogP contribution in [0.1, 0.15) is 41.8 Å². The summed E-state index contributed by atoms with van der Waals surface area (Å²) < 4.78 is 4.96. The smallest absolute Gasteiger partial charge is 0.259 e. The molecule has 1 fully saturated rings. The van der Waals surface area contributed by atoms with Crippen molar-refractivity contribution >= 4 is 21.8 Å². The highest BCUT2D eigenvalue weighted by molar-refractivity contribution is 9.09. The van der Waals surface area contributed by atoms with Gasteiger partial charge in [0.2, 0.25) is 0 Å². The Balaban J connectivity index is 2.06. The summed E-state index contributed by atoms with van der Waals surface area (Å²) in [5.74, 6) is 0.682. The van der Waals surface area contributed by atoms with E-state index in [1.165, 1.54) is 6.20 Å². The monoisotopic (exact) mass is 300 g/mol. The van der Waals surface area contributed by atoms with Crippen LogP contribution in [-0.2, 0) is 0 Å². The van der Waals surface area contributed by atoms with Crippen LogP contribution in [0.2, 0.25) is 0 Å². The zero-order valence-electron chi connectivity index (χ0n) is 9.99. The van der Waals surface area contributed by atoms with E-state index in [1.807, 2.05) is 4.90 Å². The molecule has 1 saturated heterocycles. The first-order valence-electron chi connectivity index (χ1n) is 6.02. The van der Waals surface area contributed by atoms with Crippen LogP contribution in [0.15, 0.2) is 10.7 Å². The minimum atomic E-state index is 0.0702. The largest absolute Gasteiger partial charge is 0.361 e. The van der Waals surface area contributed by atoms with Gasteiger partial charge in [0.05, 0.1) is 6.20 Å². The fourth-order valence-corrected chi connectivity index (χ4v) is 2.70. The zero-order valence-corrected chi connectivity index (χ0v) is 11.6. The van der Waals surface area contributed by atoms with E-state index in [2.05, 4.69) is 21.1 Å². The van der Waals surface area contributed by atoms with Crippen molar-refractivity contribution in [2.45, 2.75) is 38.6 Å². The van der Waals surface area contributed by atoms with Gasteiger partial charge in [-0.2, -0.15) is 0 Å². The summed E-state index contributed by atoms with van der Waals surface area (Å²) in [5, 5.41) is 4.67. The van der Waals surface area contributed by atoms with E-state index >= 15 is 0 Å². The molecule has 5 heteroatoms. The highest BCUT2D eigenvalue weighted by atomic mass is 79.9. The minimum absolute atomic E-state index is 0.0702. The molecule has 0 N–H and O–H groups in total. The van der Waals surface area contributed by atoms with Crippen LogP contribution < -0.4 is 0 Å². The van der Waals surface area contributed by atoms with E-state index in [4.69, 9.17) is 4.52 Å². The van der Waals surface area contributed by atoms with Gasteiger partial charge in [-0.05, 0) is 32.6 Å². The molecule has 1 atom stereocenters.